The summed E-state index contributed by atoms with van der Waals surface area (Å²) in [6.45, 7) is 3.11. The zero-order chi connectivity index (χ0) is 17.9. The van der Waals surface area contributed by atoms with E-state index in [1.165, 1.54) is 18.2 Å². The fourth-order valence-corrected chi connectivity index (χ4v) is 2.55. The predicted molar refractivity (Wildman–Crippen MR) is 93.7 cm³/mol. The molecule has 1 heterocycles. The van der Waals surface area contributed by atoms with Crippen LogP contribution in [0.3, 0.4) is 0 Å². The zero-order valence-electron chi connectivity index (χ0n) is 14.6. The van der Waals surface area contributed by atoms with Crippen LogP contribution in [-0.2, 0) is 16.0 Å². The summed E-state index contributed by atoms with van der Waals surface area (Å²) in [6, 6.07) is 6.31. The fourth-order valence-electron chi connectivity index (χ4n) is 2.55. The van der Waals surface area contributed by atoms with Gasteiger partial charge in [-0.1, -0.05) is 0 Å². The van der Waals surface area contributed by atoms with Gasteiger partial charge in [0, 0.05) is 38.9 Å². The van der Waals surface area contributed by atoms with Crippen molar-refractivity contribution in [3.63, 3.8) is 0 Å². The molecule has 1 saturated heterocycles. The maximum absolute atomic E-state index is 13.7. The molecule has 1 aliphatic heterocycles. The third kappa shape index (κ3) is 6.69. The summed E-state index contributed by atoms with van der Waals surface area (Å²) in [7, 11) is 1.66. The van der Waals surface area contributed by atoms with Crippen LogP contribution >= 0.6 is 0 Å². The van der Waals surface area contributed by atoms with Gasteiger partial charge in [0.15, 0.2) is 5.96 Å². The number of hydrogen-bond acceptors (Lipinski definition) is 4. The fraction of sp³-hybridized carbons (Fsp3) is 0.556. The minimum Gasteiger partial charge on any atom is -0.379 e. The van der Waals surface area contributed by atoms with Crippen molar-refractivity contribution in [2.75, 3.05) is 33.4 Å². The molecule has 25 heavy (non-hydrogen) atoms. The van der Waals surface area contributed by atoms with Crippen LogP contribution in [0.1, 0.15) is 30.4 Å². The van der Waals surface area contributed by atoms with E-state index in [4.69, 9.17) is 14.7 Å². The van der Waals surface area contributed by atoms with Crippen molar-refractivity contribution in [3.8, 4) is 6.07 Å². The van der Waals surface area contributed by atoms with E-state index in [2.05, 4.69) is 15.6 Å². The molecule has 6 nitrogen and oxygen atoms in total. The molecule has 2 N–H and O–H groups in total. The molecule has 1 aromatic rings. The van der Waals surface area contributed by atoms with Crippen LogP contribution in [0.15, 0.2) is 23.2 Å². The van der Waals surface area contributed by atoms with Crippen molar-refractivity contribution < 1.29 is 13.9 Å². The summed E-state index contributed by atoms with van der Waals surface area (Å²) in [6.07, 6.45) is 3.29. The maximum Gasteiger partial charge on any atom is 0.191 e. The first-order chi connectivity index (χ1) is 12.2. The SMILES string of the molecule is CN=C(NCCCOCC1CCCO1)NCc1cc(C#N)ccc1F. The van der Waals surface area contributed by atoms with Gasteiger partial charge in [-0.15, -0.1) is 0 Å². The Bertz CT molecular complexity index is 610. The Balaban J connectivity index is 1.63. The van der Waals surface area contributed by atoms with Gasteiger partial charge in [-0.25, -0.2) is 4.39 Å². The molecule has 1 atom stereocenters. The number of nitriles is 1. The Morgan fingerprint density at radius 2 is 2.36 bits per heavy atom. The van der Waals surface area contributed by atoms with Crippen LogP contribution in [0.25, 0.3) is 0 Å². The number of rotatable bonds is 8. The third-order valence-electron chi connectivity index (χ3n) is 3.93. The number of hydrogen-bond donors (Lipinski definition) is 2. The van der Waals surface area contributed by atoms with Gasteiger partial charge in [0.2, 0.25) is 0 Å². The lowest BCUT2D eigenvalue weighted by Gasteiger charge is -2.13. The minimum atomic E-state index is -0.343. The summed E-state index contributed by atoms with van der Waals surface area (Å²) < 4.78 is 24.8. The minimum absolute atomic E-state index is 0.251. The molecule has 0 aliphatic carbocycles. The van der Waals surface area contributed by atoms with Gasteiger partial charge >= 0.3 is 0 Å². The van der Waals surface area contributed by atoms with Crippen LogP contribution < -0.4 is 10.6 Å². The summed E-state index contributed by atoms with van der Waals surface area (Å²) in [5.41, 5.74) is 0.867. The monoisotopic (exact) mass is 348 g/mol. The second-order valence-electron chi connectivity index (χ2n) is 5.83. The molecule has 1 fully saturated rings. The Hall–Kier alpha value is -2.17. The quantitative estimate of drug-likeness (QED) is 0.426. The molecular formula is C18H25FN4O2. The molecule has 0 spiro atoms. The average Bonchev–Trinajstić information content (AvgIpc) is 3.15. The number of aliphatic imine (C=N–C) groups is 1. The number of nitrogens with one attached hydrogen (secondary N) is 2. The number of benzene rings is 1. The second kappa shape index (κ2) is 10.6. The Kier molecular flexibility index (Phi) is 8.16. The van der Waals surface area contributed by atoms with Gasteiger partial charge in [0.1, 0.15) is 5.82 Å². The highest BCUT2D eigenvalue weighted by Gasteiger charge is 2.14. The van der Waals surface area contributed by atoms with Gasteiger partial charge in [0.05, 0.1) is 24.3 Å². The van der Waals surface area contributed by atoms with E-state index in [0.29, 0.717) is 36.8 Å². The van der Waals surface area contributed by atoms with E-state index in [-0.39, 0.29) is 18.5 Å². The Labute approximate surface area is 148 Å². The summed E-state index contributed by atoms with van der Waals surface area (Å²) in [5.74, 6) is 0.241. The van der Waals surface area contributed by atoms with Crippen LogP contribution in [-0.4, -0.2) is 45.5 Å². The molecule has 0 saturated carbocycles. The first kappa shape index (κ1) is 19.2. The van der Waals surface area contributed by atoms with Gasteiger partial charge in [-0.3, -0.25) is 4.99 Å². The first-order valence-corrected chi connectivity index (χ1v) is 8.55. The van der Waals surface area contributed by atoms with Crippen molar-refractivity contribution in [3.05, 3.63) is 35.1 Å². The van der Waals surface area contributed by atoms with Crippen molar-refractivity contribution in [2.45, 2.75) is 31.9 Å². The molecular weight excluding hydrogens is 323 g/mol. The third-order valence-corrected chi connectivity index (χ3v) is 3.93. The van der Waals surface area contributed by atoms with Gasteiger partial charge in [-0.2, -0.15) is 5.26 Å². The highest BCUT2D eigenvalue weighted by atomic mass is 19.1. The normalized spacial score (nSPS) is 17.3. The molecule has 0 bridgehead atoms. The lowest BCUT2D eigenvalue weighted by atomic mass is 10.1. The highest BCUT2D eigenvalue weighted by Crippen LogP contribution is 2.12. The van der Waals surface area contributed by atoms with Crippen molar-refractivity contribution >= 4 is 5.96 Å². The van der Waals surface area contributed by atoms with E-state index < -0.39 is 0 Å². The van der Waals surface area contributed by atoms with E-state index >= 15 is 0 Å². The van der Waals surface area contributed by atoms with Gasteiger partial charge in [-0.05, 0) is 37.5 Å². The number of guanidine groups is 1. The first-order valence-electron chi connectivity index (χ1n) is 8.55. The van der Waals surface area contributed by atoms with Crippen molar-refractivity contribution in [2.24, 2.45) is 4.99 Å². The highest BCUT2D eigenvalue weighted by molar-refractivity contribution is 5.79. The summed E-state index contributed by atoms with van der Waals surface area (Å²) in [4.78, 5) is 4.10. The molecule has 0 radical (unpaired) electrons. The maximum atomic E-state index is 13.7. The predicted octanol–water partition coefficient (Wildman–Crippen LogP) is 1.95. The lowest BCUT2D eigenvalue weighted by molar-refractivity contribution is 0.0168. The second-order valence-corrected chi connectivity index (χ2v) is 5.83. The van der Waals surface area contributed by atoms with Gasteiger partial charge < -0.3 is 20.1 Å². The molecule has 0 aromatic heterocycles. The van der Waals surface area contributed by atoms with Crippen LogP contribution in [0.5, 0.6) is 0 Å². The van der Waals surface area contributed by atoms with Crippen molar-refractivity contribution in [1.29, 1.82) is 5.26 Å². The summed E-state index contributed by atoms with van der Waals surface area (Å²) >= 11 is 0. The number of halogens is 1. The topological polar surface area (TPSA) is 78.7 Å². The molecule has 1 aromatic carbocycles. The van der Waals surface area contributed by atoms with Gasteiger partial charge in [0.25, 0.3) is 0 Å². The van der Waals surface area contributed by atoms with E-state index in [1.54, 1.807) is 7.05 Å². The molecule has 0 amide bonds. The molecule has 1 aliphatic rings. The van der Waals surface area contributed by atoms with Crippen LogP contribution in [0.4, 0.5) is 4.39 Å². The Morgan fingerprint density at radius 1 is 1.48 bits per heavy atom. The van der Waals surface area contributed by atoms with Crippen molar-refractivity contribution in [1.82, 2.24) is 10.6 Å². The zero-order valence-corrected chi connectivity index (χ0v) is 14.6. The average molecular weight is 348 g/mol. The number of nitrogens with zero attached hydrogens (tertiary/aromatic N) is 2. The van der Waals surface area contributed by atoms with Crippen LogP contribution in [0, 0.1) is 17.1 Å². The smallest absolute Gasteiger partial charge is 0.191 e. The lowest BCUT2D eigenvalue weighted by Crippen LogP contribution is -2.37. The molecule has 136 valence electrons. The number of ether oxygens (including phenoxy) is 2. The van der Waals surface area contributed by atoms with E-state index in [0.717, 1.165) is 25.9 Å². The Morgan fingerprint density at radius 3 is 3.08 bits per heavy atom. The van der Waals surface area contributed by atoms with Crippen LogP contribution in [0.2, 0.25) is 0 Å². The molecule has 2 rings (SSSR count). The molecule has 1 unspecified atom stereocenters. The van der Waals surface area contributed by atoms with E-state index in [9.17, 15) is 4.39 Å². The largest absolute Gasteiger partial charge is 0.379 e. The standard InChI is InChI=1S/C18H25FN4O2/c1-21-18(22-7-3-8-24-13-16-4-2-9-25-16)23-12-15-10-14(11-20)5-6-17(15)19/h5-6,10,16H,2-4,7-9,12-13H2,1H3,(H2,21,22,23). The molecule has 7 heteroatoms. The summed E-state index contributed by atoms with van der Waals surface area (Å²) in [5, 5.41) is 15.1. The van der Waals surface area contributed by atoms with E-state index in [1.807, 2.05) is 6.07 Å².